The zero-order valence-electron chi connectivity index (χ0n) is 10.0. The van der Waals surface area contributed by atoms with Crippen molar-refractivity contribution in [2.45, 2.75) is 32.2 Å². The Labute approximate surface area is 112 Å². The molecule has 0 bridgehead atoms. The molecular weight excluding hydrogens is 256 g/mol. The Hall–Kier alpha value is -0.580. The first-order valence-corrected chi connectivity index (χ1v) is 6.71. The smallest absolute Gasteiger partial charge is 0.264 e. The van der Waals surface area contributed by atoms with Crippen LogP contribution in [0.3, 0.4) is 0 Å². The van der Waals surface area contributed by atoms with E-state index in [2.05, 4.69) is 6.92 Å². The number of carbonyl (C=O) groups excluding carboxylic acids is 1. The van der Waals surface area contributed by atoms with Gasteiger partial charge in [-0.15, -0.1) is 23.7 Å². The molecule has 3 nitrogen and oxygen atoms in total. The van der Waals surface area contributed by atoms with E-state index < -0.39 is 0 Å². The van der Waals surface area contributed by atoms with Gasteiger partial charge in [0.05, 0.1) is 4.88 Å². The van der Waals surface area contributed by atoms with Crippen molar-refractivity contribution >= 4 is 29.7 Å². The van der Waals surface area contributed by atoms with Crippen LogP contribution in [0.15, 0.2) is 11.4 Å². The van der Waals surface area contributed by atoms with Gasteiger partial charge < -0.3 is 10.6 Å². The summed E-state index contributed by atoms with van der Waals surface area (Å²) >= 11 is 1.55. The Morgan fingerprint density at radius 1 is 1.65 bits per heavy atom. The molecule has 1 saturated heterocycles. The number of carbonyl (C=O) groups is 1. The quantitative estimate of drug-likeness (QED) is 0.899. The molecule has 1 unspecified atom stereocenters. The molecule has 1 aromatic rings. The molecule has 1 amide bonds. The van der Waals surface area contributed by atoms with Crippen LogP contribution in [0.1, 0.15) is 35.0 Å². The van der Waals surface area contributed by atoms with Gasteiger partial charge in [0.1, 0.15) is 0 Å². The van der Waals surface area contributed by atoms with Crippen LogP contribution in [0.4, 0.5) is 0 Å². The average Bonchev–Trinajstić information content (AvgIpc) is 2.76. The molecular formula is C12H19ClN2OS. The molecule has 17 heavy (non-hydrogen) atoms. The van der Waals surface area contributed by atoms with Crippen LogP contribution in [0.5, 0.6) is 0 Å². The maximum absolute atomic E-state index is 12.3. The van der Waals surface area contributed by atoms with Gasteiger partial charge in [-0.2, -0.15) is 0 Å². The highest BCUT2D eigenvalue weighted by Gasteiger charge is 2.24. The second-order valence-electron chi connectivity index (χ2n) is 4.28. The molecule has 5 heteroatoms. The minimum Gasteiger partial charge on any atom is -0.336 e. The second kappa shape index (κ2) is 6.38. The van der Waals surface area contributed by atoms with Gasteiger partial charge >= 0.3 is 0 Å². The van der Waals surface area contributed by atoms with Crippen LogP contribution in [-0.2, 0) is 6.42 Å². The minimum absolute atomic E-state index is 0. The zero-order chi connectivity index (χ0) is 11.5. The van der Waals surface area contributed by atoms with E-state index in [0.29, 0.717) is 6.54 Å². The van der Waals surface area contributed by atoms with Crippen LogP contribution in [-0.4, -0.2) is 29.9 Å². The molecule has 1 aromatic heterocycles. The van der Waals surface area contributed by atoms with E-state index in [0.717, 1.165) is 36.2 Å². The number of rotatable bonds is 2. The average molecular weight is 275 g/mol. The number of likely N-dealkylation sites (tertiary alicyclic amines) is 1. The van der Waals surface area contributed by atoms with Gasteiger partial charge in [0.2, 0.25) is 0 Å². The van der Waals surface area contributed by atoms with Crippen molar-refractivity contribution in [1.29, 1.82) is 0 Å². The van der Waals surface area contributed by atoms with E-state index in [4.69, 9.17) is 5.73 Å². The molecule has 0 radical (unpaired) electrons. The summed E-state index contributed by atoms with van der Waals surface area (Å²) in [7, 11) is 0. The number of piperidine rings is 1. The van der Waals surface area contributed by atoms with Crippen molar-refractivity contribution in [3.63, 3.8) is 0 Å². The Bertz CT molecular complexity index is 380. The van der Waals surface area contributed by atoms with Crippen molar-refractivity contribution in [2.24, 2.45) is 5.73 Å². The fraction of sp³-hybridized carbons (Fsp3) is 0.583. The van der Waals surface area contributed by atoms with Gasteiger partial charge in [0, 0.05) is 19.1 Å². The van der Waals surface area contributed by atoms with E-state index in [-0.39, 0.29) is 24.4 Å². The summed E-state index contributed by atoms with van der Waals surface area (Å²) in [5.41, 5.74) is 7.06. The zero-order valence-corrected chi connectivity index (χ0v) is 11.6. The van der Waals surface area contributed by atoms with Crippen molar-refractivity contribution in [3.8, 4) is 0 Å². The third-order valence-electron chi connectivity index (χ3n) is 3.07. The predicted molar refractivity (Wildman–Crippen MR) is 74.1 cm³/mol. The van der Waals surface area contributed by atoms with Crippen LogP contribution in [0.25, 0.3) is 0 Å². The summed E-state index contributed by atoms with van der Waals surface area (Å²) in [5.74, 6) is 0.169. The molecule has 0 aliphatic carbocycles. The van der Waals surface area contributed by atoms with E-state index in [1.54, 1.807) is 11.3 Å². The lowest BCUT2D eigenvalue weighted by Gasteiger charge is -2.30. The Morgan fingerprint density at radius 2 is 2.41 bits per heavy atom. The lowest BCUT2D eigenvalue weighted by Crippen LogP contribution is -2.45. The molecule has 2 rings (SSSR count). The van der Waals surface area contributed by atoms with Crippen LogP contribution >= 0.6 is 23.7 Å². The number of nitrogens with two attached hydrogens (primary N) is 1. The Morgan fingerprint density at radius 3 is 3.06 bits per heavy atom. The first kappa shape index (κ1) is 14.5. The maximum atomic E-state index is 12.3. The van der Waals surface area contributed by atoms with E-state index in [1.807, 2.05) is 16.3 Å². The number of thiophene rings is 1. The van der Waals surface area contributed by atoms with Gasteiger partial charge in [-0.05, 0) is 36.3 Å². The molecule has 2 N–H and O–H groups in total. The third-order valence-corrected chi connectivity index (χ3v) is 4.01. The molecule has 0 spiro atoms. The first-order chi connectivity index (χ1) is 7.72. The lowest BCUT2D eigenvalue weighted by molar-refractivity contribution is 0.0713. The summed E-state index contributed by atoms with van der Waals surface area (Å²) in [5, 5.41) is 2.00. The molecule has 1 fully saturated rings. The number of amides is 1. The van der Waals surface area contributed by atoms with Crippen LogP contribution < -0.4 is 5.73 Å². The minimum atomic E-state index is 0. The molecule has 1 atom stereocenters. The van der Waals surface area contributed by atoms with E-state index in [9.17, 15) is 4.79 Å². The lowest BCUT2D eigenvalue weighted by atomic mass is 10.1. The van der Waals surface area contributed by atoms with E-state index in [1.165, 1.54) is 0 Å². The topological polar surface area (TPSA) is 46.3 Å². The number of hydrogen-bond acceptors (Lipinski definition) is 3. The van der Waals surface area contributed by atoms with Crippen molar-refractivity contribution in [3.05, 3.63) is 21.9 Å². The van der Waals surface area contributed by atoms with E-state index >= 15 is 0 Å². The summed E-state index contributed by atoms with van der Waals surface area (Å²) in [4.78, 5) is 15.1. The van der Waals surface area contributed by atoms with Gasteiger partial charge in [0.25, 0.3) is 5.91 Å². The highest BCUT2D eigenvalue weighted by atomic mass is 35.5. The van der Waals surface area contributed by atoms with Gasteiger partial charge in [-0.1, -0.05) is 6.92 Å². The molecule has 0 saturated carbocycles. The second-order valence-corrected chi connectivity index (χ2v) is 5.20. The third kappa shape index (κ3) is 3.21. The van der Waals surface area contributed by atoms with Gasteiger partial charge in [-0.25, -0.2) is 0 Å². The fourth-order valence-corrected chi connectivity index (χ4v) is 3.10. The molecule has 96 valence electrons. The van der Waals surface area contributed by atoms with Crippen LogP contribution in [0, 0.1) is 0 Å². The molecule has 2 heterocycles. The van der Waals surface area contributed by atoms with Gasteiger partial charge in [0.15, 0.2) is 0 Å². The summed E-state index contributed by atoms with van der Waals surface area (Å²) in [6, 6.07) is 2.20. The van der Waals surface area contributed by atoms with Crippen molar-refractivity contribution in [2.75, 3.05) is 13.1 Å². The number of halogens is 1. The SMILES string of the molecule is CCc1ccsc1C(=O)N1CCCC(N)C1.Cl. The highest BCUT2D eigenvalue weighted by Crippen LogP contribution is 2.21. The molecule has 1 aliphatic heterocycles. The largest absolute Gasteiger partial charge is 0.336 e. The Kier molecular flexibility index (Phi) is 5.43. The van der Waals surface area contributed by atoms with Crippen molar-refractivity contribution in [1.82, 2.24) is 4.90 Å². The normalized spacial score (nSPS) is 19.9. The van der Waals surface area contributed by atoms with Crippen molar-refractivity contribution < 1.29 is 4.79 Å². The number of nitrogens with zero attached hydrogens (tertiary/aromatic N) is 1. The fourth-order valence-electron chi connectivity index (χ4n) is 2.14. The monoisotopic (exact) mass is 274 g/mol. The summed E-state index contributed by atoms with van der Waals surface area (Å²) in [6.45, 7) is 3.65. The molecule has 0 aromatic carbocycles. The number of aryl methyl sites for hydroxylation is 1. The number of hydrogen-bond donors (Lipinski definition) is 1. The predicted octanol–water partition coefficient (Wildman–Crippen LogP) is 2.30. The molecule has 1 aliphatic rings. The summed E-state index contributed by atoms with van der Waals surface area (Å²) in [6.07, 6.45) is 2.99. The highest BCUT2D eigenvalue weighted by molar-refractivity contribution is 7.12. The maximum Gasteiger partial charge on any atom is 0.264 e. The Balaban J connectivity index is 0.00000144. The standard InChI is InChI=1S/C12H18N2OS.ClH/c1-2-9-5-7-16-11(9)12(15)14-6-3-4-10(13)8-14;/h5,7,10H,2-4,6,8,13H2,1H3;1H. The first-order valence-electron chi connectivity index (χ1n) is 5.83. The summed E-state index contributed by atoms with van der Waals surface area (Å²) < 4.78 is 0. The van der Waals surface area contributed by atoms with Gasteiger partial charge in [-0.3, -0.25) is 4.79 Å². The van der Waals surface area contributed by atoms with Crippen LogP contribution in [0.2, 0.25) is 0 Å².